The third-order valence-electron chi connectivity index (χ3n) is 3.56. The summed E-state index contributed by atoms with van der Waals surface area (Å²) < 4.78 is 12.4. The zero-order valence-electron chi connectivity index (χ0n) is 12.7. The number of nitrogens with two attached hydrogens (primary N) is 1. The molecule has 0 unspecified atom stereocenters. The molecular weight excluding hydrogens is 306 g/mol. The van der Waals surface area contributed by atoms with Gasteiger partial charge in [0.05, 0.1) is 19.0 Å². The van der Waals surface area contributed by atoms with Gasteiger partial charge in [0.15, 0.2) is 23.2 Å². The van der Waals surface area contributed by atoms with Gasteiger partial charge in [-0.05, 0) is 13.8 Å². The third kappa shape index (κ3) is 2.70. The molecule has 126 valence electrons. The summed E-state index contributed by atoms with van der Waals surface area (Å²) in [5, 5.41) is 29.2. The number of rotatable bonds is 4. The Hall–Kier alpha value is -2.01. The van der Waals surface area contributed by atoms with E-state index in [1.165, 1.54) is 10.9 Å². The number of hydrogen-bond acceptors (Lipinski definition) is 9. The minimum absolute atomic E-state index is 0.0819. The van der Waals surface area contributed by atoms with E-state index in [4.69, 9.17) is 15.2 Å². The van der Waals surface area contributed by atoms with Crippen LogP contribution in [-0.4, -0.2) is 65.9 Å². The summed E-state index contributed by atoms with van der Waals surface area (Å²) in [5.74, 6) is 0.135. The molecule has 23 heavy (non-hydrogen) atoms. The SMILES string of the molecule is CC(C)Oc1nc(N)c2ncn([C@@H]3O[C@H](CO)[C@@H](O)[C@H]3O)c2n1. The second-order valence-electron chi connectivity index (χ2n) is 5.61. The van der Waals surface area contributed by atoms with Crippen molar-refractivity contribution in [2.24, 2.45) is 0 Å². The largest absolute Gasteiger partial charge is 0.461 e. The highest BCUT2D eigenvalue weighted by molar-refractivity contribution is 5.82. The van der Waals surface area contributed by atoms with Crippen LogP contribution < -0.4 is 10.5 Å². The lowest BCUT2D eigenvalue weighted by molar-refractivity contribution is -0.0511. The number of aromatic nitrogens is 4. The Bertz CT molecular complexity index is 705. The van der Waals surface area contributed by atoms with E-state index in [1.807, 2.05) is 13.8 Å². The third-order valence-corrected chi connectivity index (χ3v) is 3.56. The molecule has 3 rings (SSSR count). The predicted molar refractivity (Wildman–Crippen MR) is 78.5 cm³/mol. The molecule has 0 aromatic carbocycles. The summed E-state index contributed by atoms with van der Waals surface area (Å²) >= 11 is 0. The highest BCUT2D eigenvalue weighted by Gasteiger charge is 2.44. The Morgan fingerprint density at radius 2 is 2.09 bits per heavy atom. The number of aliphatic hydroxyl groups excluding tert-OH is 3. The molecule has 1 aliphatic heterocycles. The van der Waals surface area contributed by atoms with Crippen LogP contribution in [0.4, 0.5) is 5.82 Å². The highest BCUT2D eigenvalue weighted by atomic mass is 16.6. The molecular formula is C13H19N5O5. The van der Waals surface area contributed by atoms with E-state index in [2.05, 4.69) is 15.0 Å². The van der Waals surface area contributed by atoms with Gasteiger partial charge in [0, 0.05) is 0 Å². The van der Waals surface area contributed by atoms with Gasteiger partial charge in [0.1, 0.15) is 18.3 Å². The van der Waals surface area contributed by atoms with Crippen LogP contribution in [0.25, 0.3) is 11.2 Å². The minimum Gasteiger partial charge on any atom is -0.461 e. The lowest BCUT2D eigenvalue weighted by atomic mass is 10.1. The number of fused-ring (bicyclic) bond motifs is 1. The van der Waals surface area contributed by atoms with E-state index in [0.29, 0.717) is 11.2 Å². The van der Waals surface area contributed by atoms with E-state index in [1.54, 1.807) is 0 Å². The van der Waals surface area contributed by atoms with Gasteiger partial charge in [-0.15, -0.1) is 0 Å². The Balaban J connectivity index is 2.03. The first-order chi connectivity index (χ1) is 10.9. The van der Waals surface area contributed by atoms with Crippen molar-refractivity contribution in [3.05, 3.63) is 6.33 Å². The van der Waals surface area contributed by atoms with Crippen molar-refractivity contribution in [3.8, 4) is 6.01 Å². The molecule has 1 saturated heterocycles. The lowest BCUT2D eigenvalue weighted by Gasteiger charge is -2.17. The number of ether oxygens (including phenoxy) is 2. The maximum atomic E-state index is 10.1. The first-order valence-electron chi connectivity index (χ1n) is 7.21. The van der Waals surface area contributed by atoms with Gasteiger partial charge in [-0.25, -0.2) is 4.98 Å². The molecule has 5 N–H and O–H groups in total. The van der Waals surface area contributed by atoms with Crippen molar-refractivity contribution in [1.29, 1.82) is 0 Å². The fraction of sp³-hybridized carbons (Fsp3) is 0.615. The highest BCUT2D eigenvalue weighted by Crippen LogP contribution is 2.32. The maximum Gasteiger partial charge on any atom is 0.320 e. The Morgan fingerprint density at radius 1 is 1.35 bits per heavy atom. The van der Waals surface area contributed by atoms with Crippen LogP contribution in [0.1, 0.15) is 20.1 Å². The number of imidazole rings is 1. The van der Waals surface area contributed by atoms with Crippen LogP contribution >= 0.6 is 0 Å². The standard InChI is InChI=1S/C13H19N5O5/c1-5(2)22-13-16-10(14)7-11(17-13)18(4-15-7)12-9(21)8(20)6(3-19)23-12/h4-6,8-9,12,19-21H,3H2,1-2H3,(H2,14,16,17)/t6-,8-,9-,12-/m1/s1. The summed E-state index contributed by atoms with van der Waals surface area (Å²) in [7, 11) is 0. The summed E-state index contributed by atoms with van der Waals surface area (Å²) in [6.07, 6.45) is -3.05. The summed E-state index contributed by atoms with van der Waals surface area (Å²) in [6.45, 7) is 3.24. The van der Waals surface area contributed by atoms with Crippen LogP contribution in [-0.2, 0) is 4.74 Å². The van der Waals surface area contributed by atoms with Crippen molar-refractivity contribution in [2.75, 3.05) is 12.3 Å². The van der Waals surface area contributed by atoms with Crippen LogP contribution in [0.15, 0.2) is 6.33 Å². The van der Waals surface area contributed by atoms with Gasteiger partial charge >= 0.3 is 6.01 Å². The molecule has 1 aliphatic rings. The predicted octanol–water partition coefficient (Wildman–Crippen LogP) is -1.19. The van der Waals surface area contributed by atoms with E-state index in [9.17, 15) is 15.3 Å². The number of nitrogen functional groups attached to an aromatic ring is 1. The zero-order chi connectivity index (χ0) is 16.7. The van der Waals surface area contributed by atoms with Crippen LogP contribution in [0.3, 0.4) is 0 Å². The summed E-state index contributed by atoms with van der Waals surface area (Å²) in [4.78, 5) is 12.4. The minimum atomic E-state index is -1.24. The quantitative estimate of drug-likeness (QED) is 0.544. The summed E-state index contributed by atoms with van der Waals surface area (Å²) in [6, 6.07) is 0.0819. The van der Waals surface area contributed by atoms with Gasteiger partial charge in [0.2, 0.25) is 0 Å². The first-order valence-corrected chi connectivity index (χ1v) is 7.21. The van der Waals surface area contributed by atoms with Crippen molar-refractivity contribution in [2.45, 2.75) is 44.5 Å². The topological polar surface area (TPSA) is 149 Å². The van der Waals surface area contributed by atoms with E-state index in [-0.39, 0.29) is 17.9 Å². The molecule has 4 atom stereocenters. The van der Waals surface area contributed by atoms with Gasteiger partial charge in [-0.3, -0.25) is 4.57 Å². The Labute approximate surface area is 131 Å². The van der Waals surface area contributed by atoms with E-state index in [0.717, 1.165) is 0 Å². The molecule has 0 aliphatic carbocycles. The van der Waals surface area contributed by atoms with Crippen molar-refractivity contribution in [1.82, 2.24) is 19.5 Å². The van der Waals surface area contributed by atoms with Crippen LogP contribution in [0, 0.1) is 0 Å². The Kier molecular flexibility index (Phi) is 4.06. The molecule has 3 heterocycles. The second-order valence-corrected chi connectivity index (χ2v) is 5.61. The van der Waals surface area contributed by atoms with E-state index < -0.39 is 31.1 Å². The molecule has 0 spiro atoms. The van der Waals surface area contributed by atoms with Gasteiger partial charge in [-0.2, -0.15) is 9.97 Å². The normalized spacial score (nSPS) is 27.9. The molecule has 2 aromatic rings. The number of nitrogens with zero attached hydrogens (tertiary/aromatic N) is 4. The van der Waals surface area contributed by atoms with E-state index >= 15 is 0 Å². The first kappa shape index (κ1) is 15.9. The average molecular weight is 325 g/mol. The molecule has 10 heteroatoms. The van der Waals surface area contributed by atoms with Crippen LogP contribution in [0.2, 0.25) is 0 Å². The van der Waals surface area contributed by atoms with Gasteiger partial charge in [-0.1, -0.05) is 0 Å². The molecule has 2 aromatic heterocycles. The zero-order valence-corrected chi connectivity index (χ0v) is 12.7. The number of anilines is 1. The van der Waals surface area contributed by atoms with Crippen molar-refractivity contribution >= 4 is 17.0 Å². The lowest BCUT2D eigenvalue weighted by Crippen LogP contribution is -2.33. The van der Waals surface area contributed by atoms with Crippen molar-refractivity contribution < 1.29 is 24.8 Å². The average Bonchev–Trinajstić information content (AvgIpc) is 3.01. The smallest absolute Gasteiger partial charge is 0.320 e. The molecule has 0 saturated carbocycles. The molecule has 0 bridgehead atoms. The Morgan fingerprint density at radius 3 is 2.70 bits per heavy atom. The summed E-state index contributed by atoms with van der Waals surface area (Å²) in [5.41, 5.74) is 6.50. The number of aliphatic hydroxyl groups is 3. The van der Waals surface area contributed by atoms with Crippen molar-refractivity contribution in [3.63, 3.8) is 0 Å². The molecule has 1 fully saturated rings. The van der Waals surface area contributed by atoms with Gasteiger partial charge in [0.25, 0.3) is 0 Å². The monoisotopic (exact) mass is 325 g/mol. The number of hydrogen-bond donors (Lipinski definition) is 4. The van der Waals surface area contributed by atoms with Gasteiger partial charge < -0.3 is 30.5 Å². The van der Waals surface area contributed by atoms with Crippen LogP contribution in [0.5, 0.6) is 6.01 Å². The second kappa shape index (κ2) is 5.89. The molecule has 10 nitrogen and oxygen atoms in total. The fourth-order valence-electron chi connectivity index (χ4n) is 2.48. The molecule has 0 amide bonds. The maximum absolute atomic E-state index is 10.1. The fourth-order valence-corrected chi connectivity index (χ4v) is 2.48. The molecule has 0 radical (unpaired) electrons.